The van der Waals surface area contributed by atoms with Crippen molar-refractivity contribution < 1.29 is 9.72 Å². The Morgan fingerprint density at radius 1 is 1.15 bits per heavy atom. The number of rotatable bonds is 4. The standard InChI is InChI=1S/C18H10BrN3O3S2/c19-12-3-1-10(2-4-12)14-9-26-18(20-14)21-17(23)16-8-11-7-13(22(24)25)5-6-15(11)27-16/h1-9H,(H,20,21,23). The van der Waals surface area contributed by atoms with Crippen LogP contribution >= 0.6 is 38.6 Å². The smallest absolute Gasteiger partial charge is 0.270 e. The van der Waals surface area contributed by atoms with E-state index in [9.17, 15) is 14.9 Å². The summed E-state index contributed by atoms with van der Waals surface area (Å²) in [6.45, 7) is 0. The molecule has 0 bridgehead atoms. The Bertz CT molecular complexity index is 1170. The van der Waals surface area contributed by atoms with Crippen molar-refractivity contribution in [3.63, 3.8) is 0 Å². The normalized spacial score (nSPS) is 10.9. The number of nitro benzene ring substituents is 1. The van der Waals surface area contributed by atoms with Crippen LogP contribution in [-0.2, 0) is 0 Å². The first-order valence-electron chi connectivity index (χ1n) is 7.70. The van der Waals surface area contributed by atoms with Crippen molar-refractivity contribution in [3.8, 4) is 11.3 Å². The lowest BCUT2D eigenvalue weighted by Crippen LogP contribution is -2.09. The molecule has 2 aromatic heterocycles. The maximum Gasteiger partial charge on any atom is 0.270 e. The number of benzene rings is 2. The first-order valence-corrected chi connectivity index (χ1v) is 10.2. The van der Waals surface area contributed by atoms with Crippen LogP contribution in [0.1, 0.15) is 9.67 Å². The van der Waals surface area contributed by atoms with Crippen LogP contribution in [0.5, 0.6) is 0 Å². The van der Waals surface area contributed by atoms with Gasteiger partial charge in [-0.1, -0.05) is 28.1 Å². The molecule has 4 aromatic rings. The number of aromatic nitrogens is 1. The molecular formula is C18H10BrN3O3S2. The first kappa shape index (κ1) is 17.8. The molecule has 1 amide bonds. The van der Waals surface area contributed by atoms with Crippen molar-refractivity contribution in [2.75, 3.05) is 5.32 Å². The Kier molecular flexibility index (Phi) is 4.73. The molecule has 0 fully saturated rings. The average molecular weight is 460 g/mol. The third kappa shape index (κ3) is 3.75. The fraction of sp³-hybridized carbons (Fsp3) is 0. The second-order valence-electron chi connectivity index (χ2n) is 5.59. The molecule has 0 aliphatic heterocycles. The van der Waals surface area contributed by atoms with E-state index in [2.05, 4.69) is 26.2 Å². The SMILES string of the molecule is O=C(Nc1nc(-c2ccc(Br)cc2)cs1)c1cc2cc([N+](=O)[O-])ccc2s1. The van der Waals surface area contributed by atoms with Crippen molar-refractivity contribution in [1.82, 2.24) is 4.98 Å². The molecule has 0 saturated carbocycles. The summed E-state index contributed by atoms with van der Waals surface area (Å²) in [6, 6.07) is 14.0. The fourth-order valence-electron chi connectivity index (χ4n) is 2.50. The number of nitrogens with one attached hydrogen (secondary N) is 1. The van der Waals surface area contributed by atoms with Crippen LogP contribution in [0.3, 0.4) is 0 Å². The number of hydrogen-bond donors (Lipinski definition) is 1. The number of nitrogens with zero attached hydrogens (tertiary/aromatic N) is 2. The maximum absolute atomic E-state index is 12.5. The molecule has 0 spiro atoms. The molecule has 0 atom stereocenters. The van der Waals surface area contributed by atoms with Gasteiger partial charge in [0.25, 0.3) is 11.6 Å². The van der Waals surface area contributed by atoms with E-state index in [1.165, 1.54) is 34.8 Å². The summed E-state index contributed by atoms with van der Waals surface area (Å²) in [5.41, 5.74) is 1.75. The lowest BCUT2D eigenvalue weighted by molar-refractivity contribution is -0.384. The summed E-state index contributed by atoms with van der Waals surface area (Å²) >= 11 is 6.03. The zero-order valence-corrected chi connectivity index (χ0v) is 16.7. The molecule has 1 N–H and O–H groups in total. The number of thiazole rings is 1. The van der Waals surface area contributed by atoms with Gasteiger partial charge in [-0.3, -0.25) is 20.2 Å². The average Bonchev–Trinajstić information content (AvgIpc) is 3.28. The van der Waals surface area contributed by atoms with Gasteiger partial charge in [0.1, 0.15) is 0 Å². The molecule has 2 heterocycles. The van der Waals surface area contributed by atoms with Crippen molar-refractivity contribution in [2.45, 2.75) is 0 Å². The zero-order chi connectivity index (χ0) is 19.0. The van der Waals surface area contributed by atoms with Gasteiger partial charge in [-0.25, -0.2) is 4.98 Å². The number of thiophene rings is 1. The molecule has 0 unspecified atom stereocenters. The van der Waals surface area contributed by atoms with Gasteiger partial charge in [0.2, 0.25) is 0 Å². The Morgan fingerprint density at radius 2 is 1.93 bits per heavy atom. The molecule has 6 nitrogen and oxygen atoms in total. The van der Waals surface area contributed by atoms with Crippen molar-refractivity contribution >= 4 is 65.4 Å². The Hall–Kier alpha value is -2.62. The quantitative estimate of drug-likeness (QED) is 0.301. The number of carbonyl (C=O) groups excluding carboxylic acids is 1. The molecule has 9 heteroatoms. The maximum atomic E-state index is 12.5. The van der Waals surface area contributed by atoms with Crippen LogP contribution in [0.25, 0.3) is 21.3 Å². The van der Waals surface area contributed by atoms with Gasteiger partial charge in [0.05, 0.1) is 15.5 Å². The molecular weight excluding hydrogens is 450 g/mol. The number of anilines is 1. The largest absolute Gasteiger partial charge is 0.297 e. The molecule has 0 saturated heterocycles. The van der Waals surface area contributed by atoms with Crippen LogP contribution < -0.4 is 5.32 Å². The zero-order valence-electron chi connectivity index (χ0n) is 13.5. The highest BCUT2D eigenvalue weighted by Gasteiger charge is 2.15. The predicted molar refractivity (Wildman–Crippen MR) is 112 cm³/mol. The lowest BCUT2D eigenvalue weighted by atomic mass is 10.2. The second-order valence-corrected chi connectivity index (χ2v) is 8.45. The van der Waals surface area contributed by atoms with E-state index < -0.39 is 4.92 Å². The Labute approximate surface area is 169 Å². The highest BCUT2D eigenvalue weighted by molar-refractivity contribution is 9.10. The van der Waals surface area contributed by atoms with Gasteiger partial charge in [-0.15, -0.1) is 22.7 Å². The first-order chi connectivity index (χ1) is 13.0. The van der Waals surface area contributed by atoms with Crippen LogP contribution in [0.2, 0.25) is 0 Å². The van der Waals surface area contributed by atoms with Crippen molar-refractivity contribution in [2.24, 2.45) is 0 Å². The second kappa shape index (κ2) is 7.18. The minimum atomic E-state index is -0.448. The number of nitro groups is 1. The van der Waals surface area contributed by atoms with Crippen molar-refractivity contribution in [3.05, 3.63) is 73.4 Å². The fourth-order valence-corrected chi connectivity index (χ4v) is 4.42. The van der Waals surface area contributed by atoms with Crippen molar-refractivity contribution in [1.29, 1.82) is 0 Å². The summed E-state index contributed by atoms with van der Waals surface area (Å²) in [4.78, 5) is 27.9. The van der Waals surface area contributed by atoms with E-state index in [1.807, 2.05) is 29.6 Å². The Morgan fingerprint density at radius 3 is 2.67 bits per heavy atom. The highest BCUT2D eigenvalue weighted by atomic mass is 79.9. The van der Waals surface area contributed by atoms with Crippen LogP contribution in [-0.4, -0.2) is 15.8 Å². The molecule has 134 valence electrons. The lowest BCUT2D eigenvalue weighted by Gasteiger charge is -1.98. The number of halogens is 1. The Balaban J connectivity index is 1.54. The van der Waals surface area contributed by atoms with E-state index in [-0.39, 0.29) is 11.6 Å². The van der Waals surface area contributed by atoms with Gasteiger partial charge in [-0.05, 0) is 24.3 Å². The predicted octanol–water partition coefficient (Wildman–Crippen LogP) is 5.95. The van der Waals surface area contributed by atoms with E-state index in [0.29, 0.717) is 15.4 Å². The van der Waals surface area contributed by atoms with Gasteiger partial charge in [0, 0.05) is 37.6 Å². The van der Waals surface area contributed by atoms with Gasteiger partial charge >= 0.3 is 0 Å². The third-order valence-electron chi connectivity index (χ3n) is 3.80. The van der Waals surface area contributed by atoms with E-state index in [1.54, 1.807) is 12.1 Å². The minimum Gasteiger partial charge on any atom is -0.297 e. The summed E-state index contributed by atoms with van der Waals surface area (Å²) in [5, 5.41) is 16.7. The minimum absolute atomic E-state index is 0.00585. The number of amides is 1. The van der Waals surface area contributed by atoms with Gasteiger partial charge in [0.15, 0.2) is 5.13 Å². The highest BCUT2D eigenvalue weighted by Crippen LogP contribution is 2.30. The molecule has 0 radical (unpaired) electrons. The number of non-ortho nitro benzene ring substituents is 1. The third-order valence-corrected chi connectivity index (χ3v) is 6.20. The van der Waals surface area contributed by atoms with Crippen LogP contribution in [0, 0.1) is 10.1 Å². The summed E-state index contributed by atoms with van der Waals surface area (Å²) in [7, 11) is 0. The molecule has 0 aliphatic rings. The summed E-state index contributed by atoms with van der Waals surface area (Å²) < 4.78 is 1.81. The molecule has 0 aliphatic carbocycles. The molecule has 2 aromatic carbocycles. The molecule has 4 rings (SSSR count). The molecule has 27 heavy (non-hydrogen) atoms. The van der Waals surface area contributed by atoms with E-state index in [4.69, 9.17) is 0 Å². The number of hydrogen-bond acceptors (Lipinski definition) is 6. The van der Waals surface area contributed by atoms with Crippen LogP contribution in [0.4, 0.5) is 10.8 Å². The van der Waals surface area contributed by atoms with Crippen LogP contribution in [0.15, 0.2) is 58.4 Å². The summed E-state index contributed by atoms with van der Waals surface area (Å²) in [5.74, 6) is -0.282. The number of carbonyl (C=O) groups is 1. The topological polar surface area (TPSA) is 85.1 Å². The summed E-state index contributed by atoms with van der Waals surface area (Å²) in [6.07, 6.45) is 0. The van der Waals surface area contributed by atoms with E-state index in [0.717, 1.165) is 20.4 Å². The van der Waals surface area contributed by atoms with E-state index >= 15 is 0 Å². The van der Waals surface area contributed by atoms with Gasteiger partial charge < -0.3 is 0 Å². The monoisotopic (exact) mass is 459 g/mol. The number of fused-ring (bicyclic) bond motifs is 1. The van der Waals surface area contributed by atoms with Gasteiger partial charge in [-0.2, -0.15) is 0 Å².